The van der Waals surface area contributed by atoms with Crippen molar-refractivity contribution in [2.75, 3.05) is 157 Å². The van der Waals surface area contributed by atoms with Gasteiger partial charge in [-0.1, -0.05) is 0 Å². The van der Waals surface area contributed by atoms with Crippen LogP contribution in [0.1, 0.15) is 0 Å². The summed E-state index contributed by atoms with van der Waals surface area (Å²) < 4.78 is 0. The maximum atomic E-state index is 3.60. The van der Waals surface area contributed by atoms with Crippen molar-refractivity contribution >= 4 is 0 Å². The third-order valence-electron chi connectivity index (χ3n) is 7.26. The highest BCUT2D eigenvalue weighted by molar-refractivity contribution is 4.74. The molecule has 6 aliphatic heterocycles. The average Bonchev–Trinajstić information content (AvgIpc) is 2.87. The van der Waals surface area contributed by atoms with E-state index in [2.05, 4.69) is 51.5 Å². The van der Waals surface area contributed by atoms with E-state index in [0.29, 0.717) is 0 Å². The summed E-state index contributed by atoms with van der Waals surface area (Å²) in [6.45, 7) is 27.1. The normalized spacial score (nSPS) is 33.9. The second kappa shape index (κ2) is 18.8. The molecule has 200 valence electrons. The number of rotatable bonds is 0. The zero-order valence-corrected chi connectivity index (χ0v) is 21.8. The Kier molecular flexibility index (Phi) is 15.6. The molecular formula is C24H54N10. The minimum absolute atomic E-state index is 1.05. The number of hydrogen-bond donors (Lipinski definition) is 6. The van der Waals surface area contributed by atoms with Crippen molar-refractivity contribution in [2.24, 2.45) is 0 Å². The molecule has 0 atom stereocenters. The molecule has 0 aromatic rings. The Morgan fingerprint density at radius 1 is 0.206 bits per heavy atom. The summed E-state index contributed by atoms with van der Waals surface area (Å²) in [4.78, 5) is 10.4. The average molecular weight is 483 g/mol. The SMILES string of the molecule is C1CNCCN2CCN(CCNCCNCCNCCN3CCN(CCNCCN1)CC3)CC2. The Labute approximate surface area is 208 Å². The standard InChI is InChI=1S/C24H54N10/c1-5-27-9-13-31-17-19-33(20-18-31)15-11-29-7-3-26-4-8-30-12-16-34-23-21-32(22-24-34)14-10-28-6-2-25-1/h25-30H,1-24H2. The van der Waals surface area contributed by atoms with Crippen LogP contribution in [0.5, 0.6) is 0 Å². The van der Waals surface area contributed by atoms with Gasteiger partial charge >= 0.3 is 0 Å². The lowest BCUT2D eigenvalue weighted by molar-refractivity contribution is 0.133. The largest absolute Gasteiger partial charge is 0.314 e. The van der Waals surface area contributed by atoms with Gasteiger partial charge in [0.1, 0.15) is 0 Å². The number of piperazine rings is 2. The van der Waals surface area contributed by atoms with Gasteiger partial charge in [0, 0.05) is 157 Å². The number of nitrogens with zero attached hydrogens (tertiary/aromatic N) is 4. The Hall–Kier alpha value is -0.400. The van der Waals surface area contributed by atoms with E-state index >= 15 is 0 Å². The maximum absolute atomic E-state index is 3.60. The summed E-state index contributed by atoms with van der Waals surface area (Å²) in [5.41, 5.74) is 0. The monoisotopic (exact) mass is 482 g/mol. The fraction of sp³-hybridized carbons (Fsp3) is 1.00. The first kappa shape index (κ1) is 28.2. The van der Waals surface area contributed by atoms with Gasteiger partial charge in [-0.25, -0.2) is 0 Å². The van der Waals surface area contributed by atoms with E-state index in [1.807, 2.05) is 0 Å². The van der Waals surface area contributed by atoms with E-state index in [4.69, 9.17) is 0 Å². The Bertz CT molecular complexity index is 385. The summed E-state index contributed by atoms with van der Waals surface area (Å²) in [5, 5.41) is 21.5. The van der Waals surface area contributed by atoms with Gasteiger partial charge in [0.2, 0.25) is 0 Å². The molecule has 6 saturated heterocycles. The van der Waals surface area contributed by atoms with Gasteiger partial charge in [0.05, 0.1) is 0 Å². The van der Waals surface area contributed by atoms with Crippen LogP contribution >= 0.6 is 0 Å². The first-order chi connectivity index (χ1) is 16.9. The van der Waals surface area contributed by atoms with Crippen molar-refractivity contribution in [1.82, 2.24) is 51.5 Å². The van der Waals surface area contributed by atoms with Crippen LogP contribution in [0.25, 0.3) is 0 Å². The molecule has 10 nitrogen and oxygen atoms in total. The molecule has 0 aromatic heterocycles. The fourth-order valence-electron chi connectivity index (χ4n) is 4.88. The van der Waals surface area contributed by atoms with Gasteiger partial charge in [-0.2, -0.15) is 0 Å². The highest BCUT2D eigenvalue weighted by Crippen LogP contribution is 2.01. The highest BCUT2D eigenvalue weighted by atomic mass is 15.3. The Balaban J connectivity index is 1.27. The Morgan fingerprint density at radius 3 is 0.588 bits per heavy atom. The Morgan fingerprint density at radius 2 is 0.382 bits per heavy atom. The van der Waals surface area contributed by atoms with Gasteiger partial charge in [0.15, 0.2) is 0 Å². The highest BCUT2D eigenvalue weighted by Gasteiger charge is 2.16. The van der Waals surface area contributed by atoms with Gasteiger partial charge in [-0.3, -0.25) is 19.6 Å². The lowest BCUT2D eigenvalue weighted by Gasteiger charge is -2.34. The second-order valence-electron chi connectivity index (χ2n) is 9.87. The first-order valence-corrected chi connectivity index (χ1v) is 14.0. The number of nitrogens with one attached hydrogen (secondary N) is 6. The zero-order valence-electron chi connectivity index (χ0n) is 21.8. The smallest absolute Gasteiger partial charge is 0.0110 e. The topological polar surface area (TPSA) is 85.1 Å². The molecule has 0 saturated carbocycles. The quantitative estimate of drug-likeness (QED) is 0.212. The van der Waals surface area contributed by atoms with Gasteiger partial charge in [-0.15, -0.1) is 0 Å². The second-order valence-corrected chi connectivity index (χ2v) is 9.87. The predicted molar refractivity (Wildman–Crippen MR) is 143 cm³/mol. The van der Waals surface area contributed by atoms with Gasteiger partial charge in [0.25, 0.3) is 0 Å². The molecule has 6 N–H and O–H groups in total. The fourth-order valence-corrected chi connectivity index (χ4v) is 4.88. The van der Waals surface area contributed by atoms with Gasteiger partial charge < -0.3 is 31.9 Å². The molecule has 0 spiro atoms. The molecule has 4 bridgehead atoms. The van der Waals surface area contributed by atoms with E-state index in [1.165, 1.54) is 78.5 Å². The van der Waals surface area contributed by atoms with Crippen LogP contribution in [-0.4, -0.2) is 177 Å². The molecule has 10 heteroatoms. The van der Waals surface area contributed by atoms with Crippen LogP contribution in [-0.2, 0) is 0 Å². The summed E-state index contributed by atoms with van der Waals surface area (Å²) >= 11 is 0. The molecule has 34 heavy (non-hydrogen) atoms. The minimum Gasteiger partial charge on any atom is -0.314 e. The van der Waals surface area contributed by atoms with Crippen LogP contribution in [0.15, 0.2) is 0 Å². The maximum Gasteiger partial charge on any atom is 0.0110 e. The van der Waals surface area contributed by atoms with Crippen molar-refractivity contribution in [3.05, 3.63) is 0 Å². The van der Waals surface area contributed by atoms with E-state index < -0.39 is 0 Å². The molecule has 0 aromatic carbocycles. The molecule has 6 aliphatic rings. The molecule has 0 unspecified atom stereocenters. The lowest BCUT2D eigenvalue weighted by atomic mass is 10.3. The zero-order chi connectivity index (χ0) is 23.5. The molecule has 0 radical (unpaired) electrons. The van der Waals surface area contributed by atoms with Crippen LogP contribution in [0.2, 0.25) is 0 Å². The molecule has 6 heterocycles. The van der Waals surface area contributed by atoms with Crippen LogP contribution < -0.4 is 31.9 Å². The minimum atomic E-state index is 1.05. The van der Waals surface area contributed by atoms with E-state index in [9.17, 15) is 0 Å². The summed E-state index contributed by atoms with van der Waals surface area (Å²) in [5.74, 6) is 0. The van der Waals surface area contributed by atoms with Crippen molar-refractivity contribution in [2.45, 2.75) is 0 Å². The van der Waals surface area contributed by atoms with E-state index in [-0.39, 0.29) is 0 Å². The van der Waals surface area contributed by atoms with Crippen molar-refractivity contribution in [3.63, 3.8) is 0 Å². The van der Waals surface area contributed by atoms with Crippen LogP contribution in [0.4, 0.5) is 0 Å². The molecule has 0 aliphatic carbocycles. The van der Waals surface area contributed by atoms with E-state index in [0.717, 1.165) is 78.5 Å². The van der Waals surface area contributed by atoms with Crippen LogP contribution in [0.3, 0.4) is 0 Å². The third-order valence-corrected chi connectivity index (χ3v) is 7.26. The van der Waals surface area contributed by atoms with Crippen molar-refractivity contribution in [3.8, 4) is 0 Å². The molecule has 0 amide bonds. The third kappa shape index (κ3) is 13.1. The summed E-state index contributed by atoms with van der Waals surface area (Å²) in [6, 6.07) is 0. The number of hydrogen-bond acceptors (Lipinski definition) is 10. The predicted octanol–water partition coefficient (Wildman–Crippen LogP) is -3.23. The van der Waals surface area contributed by atoms with Crippen molar-refractivity contribution in [1.29, 1.82) is 0 Å². The van der Waals surface area contributed by atoms with E-state index in [1.54, 1.807) is 0 Å². The first-order valence-electron chi connectivity index (χ1n) is 14.0. The molecular weight excluding hydrogens is 428 g/mol. The molecule has 6 rings (SSSR count). The molecule has 6 fully saturated rings. The van der Waals surface area contributed by atoms with Crippen LogP contribution in [0, 0.1) is 0 Å². The summed E-state index contributed by atoms with van der Waals surface area (Å²) in [6.07, 6.45) is 0. The van der Waals surface area contributed by atoms with Gasteiger partial charge in [-0.05, 0) is 0 Å². The van der Waals surface area contributed by atoms with Crippen molar-refractivity contribution < 1.29 is 0 Å². The lowest BCUT2D eigenvalue weighted by Crippen LogP contribution is -2.50. The summed E-state index contributed by atoms with van der Waals surface area (Å²) in [7, 11) is 0.